The van der Waals surface area contributed by atoms with E-state index >= 15 is 0 Å². The summed E-state index contributed by atoms with van der Waals surface area (Å²) in [5, 5.41) is 6.32. The topological polar surface area (TPSA) is 177 Å². The van der Waals surface area contributed by atoms with E-state index < -0.39 is 54.1 Å². The number of hydrogen-bond acceptors (Lipinski definition) is 10. The number of esters is 1. The van der Waals surface area contributed by atoms with Crippen LogP contribution in [0.1, 0.15) is 89.2 Å². The van der Waals surface area contributed by atoms with Crippen LogP contribution in [0.15, 0.2) is 24.3 Å². The third-order valence-electron chi connectivity index (χ3n) is 9.61. The van der Waals surface area contributed by atoms with Crippen LogP contribution in [0.5, 0.6) is 5.75 Å². The van der Waals surface area contributed by atoms with E-state index in [1.807, 2.05) is 13.0 Å². The van der Waals surface area contributed by atoms with Crippen LogP contribution in [0.3, 0.4) is 0 Å². The average Bonchev–Trinajstić information content (AvgIpc) is 3.58. The van der Waals surface area contributed by atoms with Gasteiger partial charge in [-0.25, -0.2) is 9.78 Å². The van der Waals surface area contributed by atoms with Gasteiger partial charge < -0.3 is 39.5 Å². The number of carbonyl (C=O) groups excluding carboxylic acids is 6. The predicted molar refractivity (Wildman–Crippen MR) is 194 cm³/mol. The molecular weight excluding hydrogens is 684 g/mol. The van der Waals surface area contributed by atoms with E-state index in [2.05, 4.69) is 15.6 Å². The molecule has 2 aliphatic heterocycles. The van der Waals surface area contributed by atoms with Crippen molar-refractivity contribution in [1.29, 1.82) is 0 Å². The molecule has 0 radical (unpaired) electrons. The predicted octanol–water partition coefficient (Wildman–Crippen LogP) is 3.10. The Kier molecular flexibility index (Phi) is 12.4. The van der Waals surface area contributed by atoms with Crippen LogP contribution in [0, 0.1) is 6.92 Å². The fourth-order valence-electron chi connectivity index (χ4n) is 6.67. The van der Waals surface area contributed by atoms with Gasteiger partial charge in [-0.15, -0.1) is 0 Å². The van der Waals surface area contributed by atoms with E-state index in [0.29, 0.717) is 30.3 Å². The zero-order valence-corrected chi connectivity index (χ0v) is 31.6. The summed E-state index contributed by atoms with van der Waals surface area (Å²) < 4.78 is 16.8. The summed E-state index contributed by atoms with van der Waals surface area (Å²) in [6, 6.07) is 5.13. The molecular formula is C38H52N6O9. The number of nitrogens with one attached hydrogen (secondary N) is 2. The number of pyridine rings is 1. The van der Waals surface area contributed by atoms with Crippen LogP contribution in [0.25, 0.3) is 10.9 Å². The highest BCUT2D eigenvalue weighted by Gasteiger charge is 2.38. The molecule has 3 fully saturated rings. The van der Waals surface area contributed by atoms with E-state index in [1.165, 1.54) is 15.9 Å². The summed E-state index contributed by atoms with van der Waals surface area (Å²) in [6.07, 6.45) is 2.34. The summed E-state index contributed by atoms with van der Waals surface area (Å²) in [7, 11) is 0. The highest BCUT2D eigenvalue weighted by Crippen LogP contribution is 2.29. The molecule has 2 unspecified atom stereocenters. The molecule has 1 aromatic carbocycles. The standard InChI is InChI=1S/C38H52N6O9/c1-7-51-37(50)43-18-16-42(17-19-43)36(49)29(22-32(45)53-38(4,5)6)41-33(46)28-21-31(26-14-13-23(2)20-27(26)40-28)52-24(3)35(48)44-15-9-12-30(44)34(47)39-25-10-8-11-25/h13-14,20-21,24-25,29-30H,7-12,15-19,22H2,1-6H3,(H,39,47)(H,41,46)/t24-,29?,30?/m1/s1. The first-order valence-electron chi connectivity index (χ1n) is 18.6. The largest absolute Gasteiger partial charge is 0.480 e. The molecule has 3 atom stereocenters. The molecule has 1 aromatic heterocycles. The van der Waals surface area contributed by atoms with Gasteiger partial charge in [-0.3, -0.25) is 24.0 Å². The number of aryl methyl sites for hydroxylation is 1. The molecule has 0 spiro atoms. The minimum Gasteiger partial charge on any atom is -0.480 e. The first kappa shape index (κ1) is 39.3. The van der Waals surface area contributed by atoms with Crippen molar-refractivity contribution in [3.8, 4) is 5.75 Å². The number of hydrogen-bond donors (Lipinski definition) is 2. The van der Waals surface area contributed by atoms with Crippen molar-refractivity contribution in [2.75, 3.05) is 39.3 Å². The monoisotopic (exact) mass is 736 g/mol. The Balaban J connectivity index is 1.35. The van der Waals surface area contributed by atoms with Crippen LogP contribution in [0.2, 0.25) is 0 Å². The third-order valence-corrected chi connectivity index (χ3v) is 9.61. The summed E-state index contributed by atoms with van der Waals surface area (Å²) in [5.41, 5.74) is 0.380. The molecule has 288 valence electrons. The quantitative estimate of drug-likeness (QED) is 0.326. The number of carbonyl (C=O) groups is 6. The fraction of sp³-hybridized carbons (Fsp3) is 0.605. The average molecular weight is 737 g/mol. The van der Waals surface area contributed by atoms with E-state index in [4.69, 9.17) is 14.2 Å². The van der Waals surface area contributed by atoms with Gasteiger partial charge in [0.1, 0.15) is 29.1 Å². The van der Waals surface area contributed by atoms with E-state index in [-0.39, 0.29) is 62.1 Å². The molecule has 53 heavy (non-hydrogen) atoms. The fourth-order valence-corrected chi connectivity index (χ4v) is 6.67. The van der Waals surface area contributed by atoms with Gasteiger partial charge in [-0.05, 0) is 91.3 Å². The lowest BCUT2D eigenvalue weighted by Crippen LogP contribution is -2.56. The number of aromatic nitrogens is 1. The minimum absolute atomic E-state index is 0.0919. The maximum absolute atomic E-state index is 13.9. The first-order chi connectivity index (χ1) is 25.1. The Morgan fingerprint density at radius 3 is 2.26 bits per heavy atom. The molecule has 3 heterocycles. The van der Waals surface area contributed by atoms with Crippen LogP contribution in [-0.4, -0.2) is 125 Å². The van der Waals surface area contributed by atoms with Crippen LogP contribution < -0.4 is 15.4 Å². The van der Waals surface area contributed by atoms with Crippen molar-refractivity contribution < 1.29 is 43.0 Å². The second-order valence-electron chi connectivity index (χ2n) is 14.9. The SMILES string of the molecule is CCOC(=O)N1CCN(C(=O)C(CC(=O)OC(C)(C)C)NC(=O)c2cc(O[C@H](C)C(=O)N3CCCC3C(=O)NC3CCC3)c3ccc(C)cc3n2)CC1. The second kappa shape index (κ2) is 16.8. The molecule has 1 saturated carbocycles. The van der Waals surface area contributed by atoms with E-state index in [1.54, 1.807) is 51.7 Å². The number of amides is 5. The van der Waals surface area contributed by atoms with Crippen molar-refractivity contribution in [1.82, 2.24) is 30.3 Å². The smallest absolute Gasteiger partial charge is 0.409 e. The highest BCUT2D eigenvalue weighted by atomic mass is 16.6. The summed E-state index contributed by atoms with van der Waals surface area (Å²) in [6.45, 7) is 11.8. The Labute approximate surface area is 310 Å². The Morgan fingerprint density at radius 1 is 0.925 bits per heavy atom. The number of ether oxygens (including phenoxy) is 3. The molecule has 2 aromatic rings. The number of fused-ring (bicyclic) bond motifs is 1. The lowest BCUT2D eigenvalue weighted by molar-refractivity contribution is -0.157. The van der Waals surface area contributed by atoms with E-state index in [0.717, 1.165) is 24.8 Å². The molecule has 15 heteroatoms. The number of benzene rings is 1. The van der Waals surface area contributed by atoms with Gasteiger partial charge in [-0.2, -0.15) is 0 Å². The summed E-state index contributed by atoms with van der Waals surface area (Å²) in [5.74, 6) is -2.20. The van der Waals surface area contributed by atoms with Crippen molar-refractivity contribution in [3.63, 3.8) is 0 Å². The maximum atomic E-state index is 13.9. The summed E-state index contributed by atoms with van der Waals surface area (Å²) >= 11 is 0. The lowest BCUT2D eigenvalue weighted by atomic mass is 9.93. The molecule has 2 saturated heterocycles. The number of likely N-dealkylation sites (tertiary alicyclic amines) is 1. The zero-order valence-electron chi connectivity index (χ0n) is 31.6. The van der Waals surface area contributed by atoms with Gasteiger partial charge in [-0.1, -0.05) is 6.07 Å². The van der Waals surface area contributed by atoms with Gasteiger partial charge in [0.15, 0.2) is 6.10 Å². The van der Waals surface area contributed by atoms with Crippen LogP contribution in [-0.2, 0) is 28.7 Å². The summed E-state index contributed by atoms with van der Waals surface area (Å²) in [4.78, 5) is 88.8. The van der Waals surface area contributed by atoms with Gasteiger partial charge in [0, 0.05) is 50.2 Å². The molecule has 2 N–H and O–H groups in total. The normalized spacial score (nSPS) is 18.8. The van der Waals surface area contributed by atoms with Crippen LogP contribution in [0.4, 0.5) is 4.79 Å². The molecule has 5 rings (SSSR count). The Morgan fingerprint density at radius 2 is 1.62 bits per heavy atom. The van der Waals surface area contributed by atoms with Crippen molar-refractivity contribution in [3.05, 3.63) is 35.5 Å². The van der Waals surface area contributed by atoms with Crippen molar-refractivity contribution >= 4 is 46.6 Å². The van der Waals surface area contributed by atoms with Crippen molar-refractivity contribution in [2.24, 2.45) is 0 Å². The Hall–Kier alpha value is -4.95. The maximum Gasteiger partial charge on any atom is 0.409 e. The minimum atomic E-state index is -1.30. The van der Waals surface area contributed by atoms with E-state index in [9.17, 15) is 28.8 Å². The molecule has 0 bridgehead atoms. The number of rotatable bonds is 11. The lowest BCUT2D eigenvalue weighted by Gasteiger charge is -2.36. The first-order valence-corrected chi connectivity index (χ1v) is 18.6. The molecule has 15 nitrogen and oxygen atoms in total. The van der Waals surface area contributed by atoms with Gasteiger partial charge in [0.05, 0.1) is 18.5 Å². The highest BCUT2D eigenvalue weighted by molar-refractivity contribution is 6.00. The van der Waals surface area contributed by atoms with Gasteiger partial charge in [0.2, 0.25) is 11.8 Å². The van der Waals surface area contributed by atoms with Gasteiger partial charge in [0.25, 0.3) is 11.8 Å². The second-order valence-corrected chi connectivity index (χ2v) is 14.9. The van der Waals surface area contributed by atoms with Gasteiger partial charge >= 0.3 is 12.1 Å². The molecule has 5 amide bonds. The Bertz CT molecular complexity index is 1710. The van der Waals surface area contributed by atoms with Crippen molar-refractivity contribution in [2.45, 2.75) is 110 Å². The molecule has 1 aliphatic carbocycles. The number of nitrogens with zero attached hydrogens (tertiary/aromatic N) is 4. The third kappa shape index (κ3) is 9.93. The zero-order chi connectivity index (χ0) is 38.4. The molecule has 3 aliphatic rings. The number of piperazine rings is 1. The van der Waals surface area contributed by atoms with Crippen LogP contribution >= 0.6 is 0 Å².